The molecule has 0 saturated carbocycles. The Hall–Kier alpha value is -3.18. The van der Waals surface area contributed by atoms with Crippen LogP contribution in [0.4, 0.5) is 0 Å². The molecule has 1 atom stereocenters. The minimum absolute atomic E-state index is 0.461. The normalized spacial score (nSPS) is 17.0. The molecule has 5 heteroatoms. The molecule has 1 aliphatic rings. The molecule has 0 fully saturated rings. The first-order chi connectivity index (χ1) is 14.1. The Labute approximate surface area is 169 Å². The number of para-hydroxylation sites is 2. The van der Waals surface area contributed by atoms with Crippen LogP contribution in [-0.2, 0) is 10.0 Å². The molecule has 0 radical (unpaired) electrons. The van der Waals surface area contributed by atoms with Gasteiger partial charge in [0.05, 0.1) is 11.0 Å². The summed E-state index contributed by atoms with van der Waals surface area (Å²) < 4.78 is 28.9. The molecular weight excluding hydrogens is 380 g/mol. The van der Waals surface area contributed by atoms with Gasteiger partial charge in [-0.1, -0.05) is 78.4 Å². The summed E-state index contributed by atoms with van der Waals surface area (Å²) in [5.74, 6) is 0.461. The molecule has 3 aromatic carbocycles. The van der Waals surface area contributed by atoms with Gasteiger partial charge in [0.15, 0.2) is 5.82 Å². The molecule has 1 unspecified atom stereocenters. The van der Waals surface area contributed by atoms with Crippen LogP contribution in [0.3, 0.4) is 0 Å². The van der Waals surface area contributed by atoms with Crippen LogP contribution in [0.5, 0.6) is 0 Å². The second-order valence-electron chi connectivity index (χ2n) is 7.34. The van der Waals surface area contributed by atoms with Crippen molar-refractivity contribution < 1.29 is 8.42 Å². The Balaban J connectivity index is 1.81. The predicted molar refractivity (Wildman–Crippen MR) is 118 cm³/mol. The first-order valence-electron chi connectivity index (χ1n) is 9.61. The van der Waals surface area contributed by atoms with Crippen LogP contribution in [0.25, 0.3) is 33.2 Å². The van der Waals surface area contributed by atoms with E-state index in [9.17, 15) is 8.42 Å². The van der Waals surface area contributed by atoms with Crippen LogP contribution in [0.15, 0.2) is 90.5 Å². The Morgan fingerprint density at radius 2 is 1.72 bits per heavy atom. The summed E-state index contributed by atoms with van der Waals surface area (Å²) >= 11 is 0. The number of rotatable bonds is 3. The van der Waals surface area contributed by atoms with Crippen LogP contribution in [0.2, 0.25) is 0 Å². The molecular formula is C24H20N2O2S. The quantitative estimate of drug-likeness (QED) is 0.468. The zero-order valence-corrected chi connectivity index (χ0v) is 16.8. The largest absolute Gasteiger partial charge is 0.247 e. The zero-order valence-electron chi connectivity index (χ0n) is 16.0. The Bertz CT molecular complexity index is 1410. The molecule has 0 aliphatic heterocycles. The molecule has 29 heavy (non-hydrogen) atoms. The molecule has 4 nitrogen and oxygen atoms in total. The summed E-state index contributed by atoms with van der Waals surface area (Å²) in [6.45, 7) is 1.98. The van der Waals surface area contributed by atoms with Crippen molar-refractivity contribution in [3.8, 4) is 11.4 Å². The standard InChI is InChI=1S/C24H20N2O2S/c1-17-13-15-19(16-14-17)29(27,28)26-23-12-5-4-11-22(23)25-24(26)21-10-6-8-18-7-2-3-9-20(18)21/h2-15,19H,16H2,1H3. The van der Waals surface area contributed by atoms with Gasteiger partial charge >= 0.3 is 0 Å². The van der Waals surface area contributed by atoms with E-state index in [4.69, 9.17) is 4.98 Å². The lowest BCUT2D eigenvalue weighted by atomic mass is 10.0. The number of fused-ring (bicyclic) bond motifs is 2. The van der Waals surface area contributed by atoms with Gasteiger partial charge in [0.1, 0.15) is 5.25 Å². The van der Waals surface area contributed by atoms with Gasteiger partial charge in [0.2, 0.25) is 10.0 Å². The van der Waals surface area contributed by atoms with E-state index in [-0.39, 0.29) is 0 Å². The number of nitrogens with zero attached hydrogens (tertiary/aromatic N) is 2. The Morgan fingerprint density at radius 3 is 2.55 bits per heavy atom. The van der Waals surface area contributed by atoms with Crippen molar-refractivity contribution in [2.75, 3.05) is 0 Å². The van der Waals surface area contributed by atoms with Gasteiger partial charge in [-0.3, -0.25) is 0 Å². The molecule has 5 rings (SSSR count). The van der Waals surface area contributed by atoms with Crippen molar-refractivity contribution in [1.82, 2.24) is 8.96 Å². The highest BCUT2D eigenvalue weighted by molar-refractivity contribution is 7.91. The SMILES string of the molecule is CC1=CCC(S(=O)(=O)n2c(-c3cccc4ccccc34)nc3ccccc32)C=C1. The second-order valence-corrected chi connectivity index (χ2v) is 9.34. The summed E-state index contributed by atoms with van der Waals surface area (Å²) in [7, 11) is -3.69. The maximum absolute atomic E-state index is 13.7. The summed E-state index contributed by atoms with van der Waals surface area (Å²) in [4.78, 5) is 4.75. The second kappa shape index (κ2) is 6.71. The molecule has 0 bridgehead atoms. The zero-order chi connectivity index (χ0) is 20.0. The van der Waals surface area contributed by atoms with E-state index in [0.717, 1.165) is 21.9 Å². The summed E-state index contributed by atoms with van der Waals surface area (Å²) in [6.07, 6.45) is 6.10. The minimum Gasteiger partial charge on any atom is -0.227 e. The van der Waals surface area contributed by atoms with Crippen LogP contribution in [-0.4, -0.2) is 22.6 Å². The number of imidazole rings is 1. The van der Waals surface area contributed by atoms with E-state index in [1.807, 2.05) is 85.8 Å². The van der Waals surface area contributed by atoms with Crippen LogP contribution < -0.4 is 0 Å². The minimum atomic E-state index is -3.69. The van der Waals surface area contributed by atoms with E-state index in [0.29, 0.717) is 23.3 Å². The van der Waals surface area contributed by atoms with Crippen LogP contribution in [0.1, 0.15) is 13.3 Å². The van der Waals surface area contributed by atoms with Crippen LogP contribution >= 0.6 is 0 Å². The van der Waals surface area contributed by atoms with Crippen molar-refractivity contribution in [3.05, 3.63) is 90.5 Å². The third-order valence-electron chi connectivity index (χ3n) is 5.43. The average Bonchev–Trinajstić information content (AvgIpc) is 3.14. The third kappa shape index (κ3) is 2.89. The number of hydrogen-bond acceptors (Lipinski definition) is 3. The van der Waals surface area contributed by atoms with Crippen molar-refractivity contribution in [2.24, 2.45) is 0 Å². The molecule has 4 aromatic rings. The maximum Gasteiger partial charge on any atom is 0.247 e. The van der Waals surface area contributed by atoms with E-state index >= 15 is 0 Å². The van der Waals surface area contributed by atoms with Crippen molar-refractivity contribution >= 4 is 31.8 Å². The molecule has 1 aliphatic carbocycles. The van der Waals surface area contributed by atoms with Gasteiger partial charge in [0, 0.05) is 5.56 Å². The molecule has 144 valence electrons. The van der Waals surface area contributed by atoms with Crippen LogP contribution in [0, 0.1) is 0 Å². The summed E-state index contributed by atoms with van der Waals surface area (Å²) in [5.41, 5.74) is 3.18. The fourth-order valence-electron chi connectivity index (χ4n) is 3.92. The van der Waals surface area contributed by atoms with Gasteiger partial charge in [-0.25, -0.2) is 17.4 Å². The Morgan fingerprint density at radius 1 is 0.966 bits per heavy atom. The first-order valence-corrected chi connectivity index (χ1v) is 11.1. The number of allylic oxidation sites excluding steroid dienone is 3. The molecule has 0 spiro atoms. The predicted octanol–water partition coefficient (Wildman–Crippen LogP) is 5.31. The van der Waals surface area contributed by atoms with Crippen molar-refractivity contribution in [3.63, 3.8) is 0 Å². The van der Waals surface area contributed by atoms with E-state index in [1.54, 1.807) is 6.08 Å². The van der Waals surface area contributed by atoms with E-state index in [1.165, 1.54) is 3.97 Å². The summed E-state index contributed by atoms with van der Waals surface area (Å²) in [6, 6.07) is 21.3. The van der Waals surface area contributed by atoms with Crippen molar-refractivity contribution in [2.45, 2.75) is 18.6 Å². The Kier molecular flexibility index (Phi) is 4.14. The highest BCUT2D eigenvalue weighted by atomic mass is 32.2. The lowest BCUT2D eigenvalue weighted by Crippen LogP contribution is -2.27. The summed E-state index contributed by atoms with van der Waals surface area (Å²) in [5, 5.41) is 1.42. The number of aromatic nitrogens is 2. The fraction of sp³-hybridized carbons (Fsp3) is 0.125. The average molecular weight is 401 g/mol. The molecule has 0 N–H and O–H groups in total. The van der Waals surface area contributed by atoms with Gasteiger partial charge in [0.25, 0.3) is 0 Å². The highest BCUT2D eigenvalue weighted by Gasteiger charge is 2.30. The topological polar surface area (TPSA) is 52.0 Å². The van der Waals surface area contributed by atoms with E-state index < -0.39 is 15.3 Å². The van der Waals surface area contributed by atoms with Gasteiger partial charge in [-0.05, 0) is 36.2 Å². The highest BCUT2D eigenvalue weighted by Crippen LogP contribution is 2.33. The third-order valence-corrected chi connectivity index (χ3v) is 7.43. The lowest BCUT2D eigenvalue weighted by molar-refractivity contribution is 0.581. The maximum atomic E-state index is 13.7. The lowest BCUT2D eigenvalue weighted by Gasteiger charge is -2.19. The van der Waals surface area contributed by atoms with E-state index in [2.05, 4.69) is 0 Å². The molecule has 0 amide bonds. The monoisotopic (exact) mass is 400 g/mol. The van der Waals surface area contributed by atoms with Gasteiger partial charge in [-0.15, -0.1) is 0 Å². The molecule has 0 saturated heterocycles. The molecule has 1 heterocycles. The molecule has 1 aromatic heterocycles. The van der Waals surface area contributed by atoms with Gasteiger partial charge in [-0.2, -0.15) is 0 Å². The van der Waals surface area contributed by atoms with Gasteiger partial charge < -0.3 is 0 Å². The van der Waals surface area contributed by atoms with Crippen molar-refractivity contribution in [1.29, 1.82) is 0 Å². The smallest absolute Gasteiger partial charge is 0.227 e. The first kappa shape index (κ1) is 17.9. The fourth-order valence-corrected chi connectivity index (χ4v) is 5.61. The number of benzene rings is 3. The number of hydrogen-bond donors (Lipinski definition) is 0.